The number of nitrogens with zero attached hydrogens (tertiary/aromatic N) is 2. The number of aliphatic hydroxyl groups is 2. The van der Waals surface area contributed by atoms with Gasteiger partial charge in [0.2, 0.25) is 0 Å². The number of ether oxygens (including phenoxy) is 1. The predicted octanol–water partition coefficient (Wildman–Crippen LogP) is -1.23. The maximum atomic E-state index is 11.7. The molecule has 2 rings (SSSR count). The van der Waals surface area contributed by atoms with Gasteiger partial charge >= 0.3 is 5.69 Å². The molecule has 1 unspecified atom stereocenters. The SMILES string of the molecule is Cc1cc(N)nc(=O)n1[C@@H]1O[C@H](CO)CC1O. The molecule has 0 bridgehead atoms. The largest absolute Gasteiger partial charge is 0.394 e. The van der Waals surface area contributed by atoms with Crippen LogP contribution in [0.15, 0.2) is 10.9 Å². The Morgan fingerprint density at radius 1 is 1.71 bits per heavy atom. The zero-order valence-corrected chi connectivity index (χ0v) is 9.41. The van der Waals surface area contributed by atoms with E-state index in [0.717, 1.165) is 0 Å². The molecule has 1 saturated heterocycles. The van der Waals surface area contributed by atoms with Gasteiger partial charge in [0.1, 0.15) is 11.9 Å². The van der Waals surface area contributed by atoms with Gasteiger partial charge in [0.05, 0.1) is 12.7 Å². The summed E-state index contributed by atoms with van der Waals surface area (Å²) in [5.74, 6) is 0.134. The van der Waals surface area contributed by atoms with Crippen LogP contribution in [0.3, 0.4) is 0 Å². The molecule has 1 aromatic rings. The van der Waals surface area contributed by atoms with E-state index in [9.17, 15) is 9.90 Å². The highest BCUT2D eigenvalue weighted by Gasteiger charge is 2.36. The van der Waals surface area contributed by atoms with Crippen LogP contribution < -0.4 is 11.4 Å². The first-order valence-corrected chi connectivity index (χ1v) is 5.33. The summed E-state index contributed by atoms with van der Waals surface area (Å²) in [5, 5.41) is 18.8. The predicted molar refractivity (Wildman–Crippen MR) is 59.3 cm³/mol. The van der Waals surface area contributed by atoms with Crippen LogP contribution in [0, 0.1) is 6.92 Å². The molecule has 7 nitrogen and oxygen atoms in total. The fourth-order valence-electron chi connectivity index (χ4n) is 2.02. The van der Waals surface area contributed by atoms with Crippen LogP contribution in [0.2, 0.25) is 0 Å². The van der Waals surface area contributed by atoms with Gasteiger partial charge < -0.3 is 20.7 Å². The van der Waals surface area contributed by atoms with Gasteiger partial charge in [-0.25, -0.2) is 4.79 Å². The van der Waals surface area contributed by atoms with E-state index in [1.54, 1.807) is 6.92 Å². The van der Waals surface area contributed by atoms with E-state index in [4.69, 9.17) is 15.6 Å². The molecule has 1 aliphatic rings. The minimum absolute atomic E-state index is 0.134. The first kappa shape index (κ1) is 12.0. The standard InChI is InChI=1S/C10H15N3O4/c1-5-2-8(11)12-10(16)13(5)9-7(15)3-6(4-14)17-9/h2,6-7,9,14-15H,3-4H2,1H3,(H2,11,12,16)/t6-,7?,9+/m0/s1. The third-order valence-corrected chi connectivity index (χ3v) is 2.79. The molecular formula is C10H15N3O4. The highest BCUT2D eigenvalue weighted by atomic mass is 16.5. The third-order valence-electron chi connectivity index (χ3n) is 2.79. The van der Waals surface area contributed by atoms with Crippen molar-refractivity contribution in [2.75, 3.05) is 12.3 Å². The molecule has 3 atom stereocenters. The number of hydrogen-bond acceptors (Lipinski definition) is 6. The van der Waals surface area contributed by atoms with Crippen molar-refractivity contribution in [3.63, 3.8) is 0 Å². The van der Waals surface area contributed by atoms with Crippen LogP contribution in [-0.4, -0.2) is 38.6 Å². The summed E-state index contributed by atoms with van der Waals surface area (Å²) in [7, 11) is 0. The summed E-state index contributed by atoms with van der Waals surface area (Å²) in [6.07, 6.45) is -1.82. The Morgan fingerprint density at radius 3 is 2.94 bits per heavy atom. The van der Waals surface area contributed by atoms with E-state index in [1.165, 1.54) is 10.6 Å². The van der Waals surface area contributed by atoms with Gasteiger partial charge in [0, 0.05) is 12.1 Å². The van der Waals surface area contributed by atoms with Gasteiger partial charge in [-0.2, -0.15) is 4.98 Å². The molecule has 7 heteroatoms. The van der Waals surface area contributed by atoms with E-state index in [0.29, 0.717) is 5.69 Å². The molecule has 2 heterocycles. The zero-order chi connectivity index (χ0) is 12.6. The van der Waals surface area contributed by atoms with Crippen molar-refractivity contribution in [3.8, 4) is 0 Å². The molecule has 0 aliphatic carbocycles. The molecule has 1 fully saturated rings. The lowest BCUT2D eigenvalue weighted by Gasteiger charge is -2.19. The van der Waals surface area contributed by atoms with Crippen LogP contribution in [-0.2, 0) is 4.74 Å². The normalized spacial score (nSPS) is 28.5. The Hall–Kier alpha value is -1.44. The Labute approximate surface area is 97.5 Å². The van der Waals surface area contributed by atoms with E-state index in [-0.39, 0.29) is 18.8 Å². The van der Waals surface area contributed by atoms with Crippen LogP contribution in [0.5, 0.6) is 0 Å². The molecule has 0 radical (unpaired) electrons. The molecule has 0 aromatic carbocycles. The van der Waals surface area contributed by atoms with Gasteiger partial charge in [-0.3, -0.25) is 4.57 Å². The minimum atomic E-state index is -0.839. The number of anilines is 1. The Bertz CT molecular complexity index is 473. The number of aliphatic hydroxyl groups excluding tert-OH is 2. The van der Waals surface area contributed by atoms with Gasteiger partial charge in [-0.05, 0) is 13.0 Å². The maximum absolute atomic E-state index is 11.7. The Balaban J connectivity index is 2.38. The summed E-state index contributed by atoms with van der Waals surface area (Å²) < 4.78 is 6.64. The number of rotatable bonds is 2. The monoisotopic (exact) mass is 241 g/mol. The van der Waals surface area contributed by atoms with Crippen molar-refractivity contribution in [2.45, 2.75) is 31.8 Å². The second-order valence-corrected chi connectivity index (χ2v) is 4.11. The van der Waals surface area contributed by atoms with Crippen LogP contribution in [0.1, 0.15) is 18.3 Å². The number of hydrogen-bond donors (Lipinski definition) is 3. The first-order valence-electron chi connectivity index (χ1n) is 5.33. The van der Waals surface area contributed by atoms with Gasteiger partial charge in [0.15, 0.2) is 6.23 Å². The van der Waals surface area contributed by atoms with Gasteiger partial charge in [0.25, 0.3) is 0 Å². The number of nitrogens with two attached hydrogens (primary N) is 1. The highest BCUT2D eigenvalue weighted by Crippen LogP contribution is 2.28. The minimum Gasteiger partial charge on any atom is -0.394 e. The molecule has 0 spiro atoms. The summed E-state index contributed by atoms with van der Waals surface area (Å²) in [4.78, 5) is 15.3. The molecule has 0 saturated carbocycles. The Morgan fingerprint density at radius 2 is 2.41 bits per heavy atom. The third kappa shape index (κ3) is 2.17. The smallest absolute Gasteiger partial charge is 0.351 e. The number of aromatic nitrogens is 2. The Kier molecular flexibility index (Phi) is 3.14. The van der Waals surface area contributed by atoms with Crippen molar-refractivity contribution >= 4 is 5.82 Å². The summed E-state index contributed by atoms with van der Waals surface area (Å²) in [5.41, 5.74) is 5.44. The van der Waals surface area contributed by atoms with Crippen molar-refractivity contribution in [1.29, 1.82) is 0 Å². The topological polar surface area (TPSA) is 111 Å². The molecule has 1 aliphatic heterocycles. The second-order valence-electron chi connectivity index (χ2n) is 4.11. The fourth-order valence-corrected chi connectivity index (χ4v) is 2.02. The average molecular weight is 241 g/mol. The van der Waals surface area contributed by atoms with E-state index >= 15 is 0 Å². The second kappa shape index (κ2) is 4.44. The maximum Gasteiger partial charge on any atom is 0.351 e. The lowest BCUT2D eigenvalue weighted by atomic mass is 10.2. The van der Waals surface area contributed by atoms with Crippen LogP contribution in [0.4, 0.5) is 5.82 Å². The number of aryl methyl sites for hydroxylation is 1. The average Bonchev–Trinajstić information content (AvgIpc) is 2.59. The van der Waals surface area contributed by atoms with Gasteiger partial charge in [-0.15, -0.1) is 0 Å². The summed E-state index contributed by atoms with van der Waals surface area (Å²) in [6, 6.07) is 1.53. The van der Waals surface area contributed by atoms with Gasteiger partial charge in [-0.1, -0.05) is 0 Å². The van der Waals surface area contributed by atoms with Crippen LogP contribution in [0.25, 0.3) is 0 Å². The van der Waals surface area contributed by atoms with Crippen LogP contribution >= 0.6 is 0 Å². The molecule has 1 aromatic heterocycles. The van der Waals surface area contributed by atoms with Crippen molar-refractivity contribution in [3.05, 3.63) is 22.2 Å². The first-order chi connectivity index (χ1) is 8.02. The molecular weight excluding hydrogens is 226 g/mol. The highest BCUT2D eigenvalue weighted by molar-refractivity contribution is 5.28. The van der Waals surface area contributed by atoms with E-state index in [2.05, 4.69) is 4.98 Å². The fraction of sp³-hybridized carbons (Fsp3) is 0.600. The van der Waals surface area contributed by atoms with Crippen molar-refractivity contribution in [1.82, 2.24) is 9.55 Å². The summed E-state index contributed by atoms with van der Waals surface area (Å²) >= 11 is 0. The molecule has 94 valence electrons. The van der Waals surface area contributed by atoms with E-state index in [1.807, 2.05) is 0 Å². The molecule has 4 N–H and O–H groups in total. The molecule has 17 heavy (non-hydrogen) atoms. The van der Waals surface area contributed by atoms with Crippen molar-refractivity contribution < 1.29 is 14.9 Å². The van der Waals surface area contributed by atoms with E-state index < -0.39 is 24.1 Å². The lowest BCUT2D eigenvalue weighted by molar-refractivity contribution is -0.0539. The quantitative estimate of drug-likeness (QED) is 0.598. The summed E-state index contributed by atoms with van der Waals surface area (Å²) in [6.45, 7) is 1.49. The lowest BCUT2D eigenvalue weighted by Crippen LogP contribution is -2.34. The molecule has 0 amide bonds. The number of nitrogen functional groups attached to an aromatic ring is 1. The van der Waals surface area contributed by atoms with Crippen molar-refractivity contribution in [2.24, 2.45) is 0 Å². The zero-order valence-electron chi connectivity index (χ0n) is 9.41.